The minimum atomic E-state index is -0.456. The molecule has 3 nitrogen and oxygen atoms in total. The van der Waals surface area contributed by atoms with E-state index in [1.54, 1.807) is 12.1 Å². The van der Waals surface area contributed by atoms with E-state index in [-0.39, 0.29) is 11.9 Å². The first-order chi connectivity index (χ1) is 11.3. The Balaban J connectivity index is 1.65. The summed E-state index contributed by atoms with van der Waals surface area (Å²) < 4.78 is 18.9. The summed E-state index contributed by atoms with van der Waals surface area (Å²) in [5.74, 6) is 0.679. The van der Waals surface area contributed by atoms with Crippen molar-refractivity contribution in [3.05, 3.63) is 47.3 Å². The summed E-state index contributed by atoms with van der Waals surface area (Å²) in [7, 11) is 0. The number of carbonyl (C=O) groups is 1. The molecular formula is C20H26FNO2. The van der Waals surface area contributed by atoms with Crippen LogP contribution in [0.2, 0.25) is 0 Å². The Morgan fingerprint density at radius 3 is 2.79 bits per heavy atom. The van der Waals surface area contributed by atoms with E-state index in [0.29, 0.717) is 11.8 Å². The minimum Gasteiger partial charge on any atom is -0.444 e. The monoisotopic (exact) mass is 331 g/mol. The highest BCUT2D eigenvalue weighted by Gasteiger charge is 2.34. The summed E-state index contributed by atoms with van der Waals surface area (Å²) in [6, 6.07) is 6.82. The lowest BCUT2D eigenvalue weighted by Crippen LogP contribution is -2.47. The number of benzene rings is 1. The standard InChI is InChI=1S/C20H26FNO2/c1-20(2,3)24-19(23)22-12-16-8-15(9-17(10-16)13-22)7-14-5-4-6-18(21)11-14/h4-6,8,11,16-17H,7,9-10,12-13H2,1-3H3. The molecule has 0 spiro atoms. The number of hydrogen-bond donors (Lipinski definition) is 0. The third kappa shape index (κ3) is 4.37. The molecule has 3 rings (SSSR count). The van der Waals surface area contributed by atoms with Crippen LogP contribution in [0.25, 0.3) is 0 Å². The number of amides is 1. The molecule has 0 radical (unpaired) electrons. The Hall–Kier alpha value is -1.84. The normalized spacial score (nSPS) is 23.7. The maximum absolute atomic E-state index is 13.3. The molecule has 1 heterocycles. The number of rotatable bonds is 2. The van der Waals surface area contributed by atoms with E-state index in [1.165, 1.54) is 11.6 Å². The van der Waals surface area contributed by atoms with Gasteiger partial charge in [-0.15, -0.1) is 0 Å². The molecule has 0 N–H and O–H groups in total. The number of nitrogens with zero attached hydrogens (tertiary/aromatic N) is 1. The van der Waals surface area contributed by atoms with E-state index in [2.05, 4.69) is 6.08 Å². The molecule has 1 saturated heterocycles. The van der Waals surface area contributed by atoms with Crippen LogP contribution in [-0.2, 0) is 11.2 Å². The van der Waals surface area contributed by atoms with Gasteiger partial charge in [0.2, 0.25) is 0 Å². The molecule has 0 aromatic heterocycles. The highest BCUT2D eigenvalue weighted by molar-refractivity contribution is 5.68. The van der Waals surface area contributed by atoms with E-state index < -0.39 is 5.60 Å². The minimum absolute atomic E-state index is 0.180. The van der Waals surface area contributed by atoms with E-state index in [4.69, 9.17) is 4.74 Å². The van der Waals surface area contributed by atoms with Crippen molar-refractivity contribution in [1.29, 1.82) is 0 Å². The molecule has 4 heteroatoms. The maximum atomic E-state index is 13.3. The second kappa shape index (κ2) is 6.58. The van der Waals surface area contributed by atoms with E-state index >= 15 is 0 Å². The Labute approximate surface area is 143 Å². The largest absolute Gasteiger partial charge is 0.444 e. The average Bonchev–Trinajstić information content (AvgIpc) is 2.44. The van der Waals surface area contributed by atoms with Gasteiger partial charge in [0.1, 0.15) is 11.4 Å². The van der Waals surface area contributed by atoms with Crippen LogP contribution in [0.15, 0.2) is 35.9 Å². The van der Waals surface area contributed by atoms with Crippen molar-refractivity contribution in [2.45, 2.75) is 45.6 Å². The van der Waals surface area contributed by atoms with Crippen molar-refractivity contribution in [3.8, 4) is 0 Å². The van der Waals surface area contributed by atoms with Gasteiger partial charge in [-0.3, -0.25) is 0 Å². The van der Waals surface area contributed by atoms with Crippen molar-refractivity contribution in [1.82, 2.24) is 4.90 Å². The zero-order valence-electron chi connectivity index (χ0n) is 14.7. The van der Waals surface area contributed by atoms with Gasteiger partial charge in [0.15, 0.2) is 0 Å². The first-order valence-electron chi connectivity index (χ1n) is 8.70. The SMILES string of the molecule is CC(C)(C)OC(=O)N1CC2C=C(Cc3cccc(F)c3)CC(C2)C1. The number of likely N-dealkylation sites (tertiary alicyclic amines) is 1. The molecule has 2 aliphatic rings. The van der Waals surface area contributed by atoms with Gasteiger partial charge in [-0.05, 0) is 69.6 Å². The van der Waals surface area contributed by atoms with Crippen LogP contribution < -0.4 is 0 Å². The Kier molecular flexibility index (Phi) is 4.66. The van der Waals surface area contributed by atoms with Gasteiger partial charge < -0.3 is 9.64 Å². The van der Waals surface area contributed by atoms with E-state index in [1.807, 2.05) is 31.7 Å². The maximum Gasteiger partial charge on any atom is 0.410 e. The number of carbonyl (C=O) groups excluding carboxylic acids is 1. The molecule has 1 aromatic carbocycles. The second-order valence-corrected chi connectivity index (χ2v) is 8.08. The van der Waals surface area contributed by atoms with Gasteiger partial charge in [-0.1, -0.05) is 23.8 Å². The molecule has 0 saturated carbocycles. The number of halogens is 1. The molecule has 1 amide bonds. The highest BCUT2D eigenvalue weighted by atomic mass is 19.1. The van der Waals surface area contributed by atoms with Gasteiger partial charge >= 0.3 is 6.09 Å². The molecule has 2 atom stereocenters. The van der Waals surface area contributed by atoms with Gasteiger partial charge in [0.25, 0.3) is 0 Å². The van der Waals surface area contributed by atoms with Crippen LogP contribution >= 0.6 is 0 Å². The number of fused-ring (bicyclic) bond motifs is 2. The fourth-order valence-electron chi connectivity index (χ4n) is 3.80. The first-order valence-corrected chi connectivity index (χ1v) is 8.70. The smallest absolute Gasteiger partial charge is 0.410 e. The molecule has 2 unspecified atom stereocenters. The molecule has 1 aromatic rings. The Morgan fingerprint density at radius 1 is 1.33 bits per heavy atom. The molecular weight excluding hydrogens is 305 g/mol. The van der Waals surface area contributed by atoms with Crippen molar-refractivity contribution in [3.63, 3.8) is 0 Å². The predicted octanol–water partition coefficient (Wildman–Crippen LogP) is 4.57. The van der Waals surface area contributed by atoms with Crippen LogP contribution in [0.5, 0.6) is 0 Å². The van der Waals surface area contributed by atoms with Crippen molar-refractivity contribution in [2.24, 2.45) is 11.8 Å². The number of hydrogen-bond acceptors (Lipinski definition) is 2. The van der Waals surface area contributed by atoms with Gasteiger partial charge in [-0.2, -0.15) is 0 Å². The fourth-order valence-corrected chi connectivity index (χ4v) is 3.80. The average molecular weight is 331 g/mol. The van der Waals surface area contributed by atoms with Crippen LogP contribution in [0.4, 0.5) is 9.18 Å². The van der Waals surface area contributed by atoms with Crippen molar-refractivity contribution in [2.75, 3.05) is 13.1 Å². The third-order valence-corrected chi connectivity index (χ3v) is 4.56. The predicted molar refractivity (Wildman–Crippen MR) is 92.2 cm³/mol. The van der Waals surface area contributed by atoms with Gasteiger partial charge in [0, 0.05) is 13.1 Å². The lowest BCUT2D eigenvalue weighted by atomic mass is 9.77. The lowest BCUT2D eigenvalue weighted by Gasteiger charge is -2.40. The van der Waals surface area contributed by atoms with Gasteiger partial charge in [0.05, 0.1) is 0 Å². The fraction of sp³-hybridized carbons (Fsp3) is 0.550. The lowest BCUT2D eigenvalue weighted by molar-refractivity contribution is 0.0114. The van der Waals surface area contributed by atoms with Crippen LogP contribution in [-0.4, -0.2) is 29.7 Å². The van der Waals surface area contributed by atoms with Crippen LogP contribution in [0.3, 0.4) is 0 Å². The topological polar surface area (TPSA) is 29.5 Å². The van der Waals surface area contributed by atoms with Gasteiger partial charge in [-0.25, -0.2) is 9.18 Å². The second-order valence-electron chi connectivity index (χ2n) is 8.08. The van der Waals surface area contributed by atoms with Crippen LogP contribution in [0, 0.1) is 17.7 Å². The first kappa shape index (κ1) is 17.0. The number of ether oxygens (including phenoxy) is 1. The summed E-state index contributed by atoms with van der Waals surface area (Å²) in [5, 5.41) is 0. The molecule has 24 heavy (non-hydrogen) atoms. The highest BCUT2D eigenvalue weighted by Crippen LogP contribution is 2.35. The zero-order valence-corrected chi connectivity index (χ0v) is 14.7. The summed E-state index contributed by atoms with van der Waals surface area (Å²) in [5.41, 5.74) is 1.93. The van der Waals surface area contributed by atoms with E-state index in [0.717, 1.165) is 37.9 Å². The summed E-state index contributed by atoms with van der Waals surface area (Å²) in [6.07, 6.45) is 4.99. The molecule has 1 fully saturated rings. The summed E-state index contributed by atoms with van der Waals surface area (Å²) in [4.78, 5) is 14.1. The molecule has 130 valence electrons. The van der Waals surface area contributed by atoms with E-state index in [9.17, 15) is 9.18 Å². The van der Waals surface area contributed by atoms with Crippen molar-refractivity contribution >= 4 is 6.09 Å². The molecule has 1 aliphatic heterocycles. The Morgan fingerprint density at radius 2 is 2.12 bits per heavy atom. The third-order valence-electron chi connectivity index (χ3n) is 4.56. The molecule has 1 aliphatic carbocycles. The zero-order chi connectivity index (χ0) is 17.3. The Bertz CT molecular complexity index is 647. The number of allylic oxidation sites excluding steroid dienone is 1. The van der Waals surface area contributed by atoms with Crippen molar-refractivity contribution < 1.29 is 13.9 Å². The summed E-state index contributed by atoms with van der Waals surface area (Å²) >= 11 is 0. The number of piperidine rings is 1. The quantitative estimate of drug-likeness (QED) is 0.743. The summed E-state index contributed by atoms with van der Waals surface area (Å²) in [6.45, 7) is 7.16. The molecule has 2 bridgehead atoms. The van der Waals surface area contributed by atoms with Crippen LogP contribution in [0.1, 0.15) is 39.2 Å².